The molecule has 38 heavy (non-hydrogen) atoms. The van der Waals surface area contributed by atoms with Crippen molar-refractivity contribution >= 4 is 45.6 Å². The predicted octanol–water partition coefficient (Wildman–Crippen LogP) is 4.48. The van der Waals surface area contributed by atoms with E-state index in [1.54, 1.807) is 39.0 Å². The Morgan fingerprint density at radius 3 is 2.58 bits per heavy atom. The molecule has 0 radical (unpaired) electrons. The molecule has 11 nitrogen and oxygen atoms in total. The summed E-state index contributed by atoms with van der Waals surface area (Å²) in [5.41, 5.74) is 0.804. The highest BCUT2D eigenvalue weighted by Gasteiger charge is 2.49. The number of amides is 1. The summed E-state index contributed by atoms with van der Waals surface area (Å²) in [6, 6.07) is 8.98. The van der Waals surface area contributed by atoms with Gasteiger partial charge < -0.3 is 14.6 Å². The van der Waals surface area contributed by atoms with Crippen LogP contribution in [-0.2, 0) is 14.3 Å². The molecule has 1 aliphatic heterocycles. The molecule has 0 spiro atoms. The van der Waals surface area contributed by atoms with E-state index in [2.05, 4.69) is 4.98 Å². The lowest BCUT2D eigenvalue weighted by atomic mass is 9.93. The number of aliphatic hydroxyl groups excluding tert-OH is 1. The Kier molecular flexibility index (Phi) is 7.26. The van der Waals surface area contributed by atoms with Crippen molar-refractivity contribution in [1.82, 2.24) is 4.98 Å². The van der Waals surface area contributed by atoms with Crippen LogP contribution in [0.4, 0.5) is 10.8 Å². The molecule has 3 aromatic rings. The molecule has 0 bridgehead atoms. The highest BCUT2D eigenvalue weighted by molar-refractivity contribution is 7.17. The van der Waals surface area contributed by atoms with Crippen LogP contribution in [0.3, 0.4) is 0 Å². The number of rotatable bonds is 7. The molecular formula is C26H23N3O8S. The molecule has 1 saturated heterocycles. The van der Waals surface area contributed by atoms with Gasteiger partial charge in [0.25, 0.3) is 11.5 Å². The fourth-order valence-corrected chi connectivity index (χ4v) is 5.19. The van der Waals surface area contributed by atoms with Crippen molar-refractivity contribution in [3.05, 3.63) is 85.4 Å². The minimum Gasteiger partial charge on any atom is -0.507 e. The highest BCUT2D eigenvalue weighted by Crippen LogP contribution is 2.44. The highest BCUT2D eigenvalue weighted by atomic mass is 32.1. The number of methoxy groups -OCH3 is 1. The number of aryl methyl sites for hydroxylation is 2. The van der Waals surface area contributed by atoms with E-state index >= 15 is 0 Å². The SMILES string of the molecule is CCOC(=O)c1sc(N2C(=O)C(=O)C(=C(O)c3ccc(OC)cc3C)[C@@H]2c2cccc([N+](=O)[O-])c2)nc1C. The third-order valence-corrected chi connectivity index (χ3v) is 7.12. The summed E-state index contributed by atoms with van der Waals surface area (Å²) in [4.78, 5) is 55.6. The Morgan fingerprint density at radius 2 is 1.95 bits per heavy atom. The fourth-order valence-electron chi connectivity index (χ4n) is 4.20. The van der Waals surface area contributed by atoms with Gasteiger partial charge in [-0.05, 0) is 50.1 Å². The molecular weight excluding hydrogens is 514 g/mol. The van der Waals surface area contributed by atoms with Gasteiger partial charge in [-0.2, -0.15) is 0 Å². The lowest BCUT2D eigenvalue weighted by Crippen LogP contribution is -2.29. The minimum atomic E-state index is -1.25. The number of non-ortho nitro benzene ring substituents is 1. The van der Waals surface area contributed by atoms with Gasteiger partial charge in [0.15, 0.2) is 5.13 Å². The van der Waals surface area contributed by atoms with Crippen LogP contribution in [0.5, 0.6) is 5.75 Å². The number of aliphatic hydroxyl groups is 1. The van der Waals surface area contributed by atoms with Crippen LogP contribution in [0.2, 0.25) is 0 Å². The maximum Gasteiger partial charge on any atom is 0.350 e. The third kappa shape index (κ3) is 4.61. The molecule has 2 heterocycles. The molecule has 0 saturated carbocycles. The van der Waals surface area contributed by atoms with Gasteiger partial charge in [0, 0.05) is 17.7 Å². The van der Waals surface area contributed by atoms with Crippen LogP contribution in [-0.4, -0.2) is 46.4 Å². The maximum absolute atomic E-state index is 13.4. The molecule has 1 amide bonds. The number of benzene rings is 2. The first kappa shape index (κ1) is 26.5. The van der Waals surface area contributed by atoms with Crippen molar-refractivity contribution in [3.63, 3.8) is 0 Å². The maximum atomic E-state index is 13.4. The van der Waals surface area contributed by atoms with E-state index in [4.69, 9.17) is 9.47 Å². The zero-order chi connectivity index (χ0) is 27.7. The van der Waals surface area contributed by atoms with Crippen LogP contribution in [0.1, 0.15) is 45.0 Å². The lowest BCUT2D eigenvalue weighted by molar-refractivity contribution is -0.384. The Balaban J connectivity index is 1.96. The second kappa shape index (κ2) is 10.4. The second-order valence-corrected chi connectivity index (χ2v) is 9.31. The number of anilines is 1. The number of nitro benzene ring substituents is 1. The monoisotopic (exact) mass is 537 g/mol. The van der Waals surface area contributed by atoms with E-state index in [9.17, 15) is 29.6 Å². The molecule has 0 unspecified atom stereocenters. The Morgan fingerprint density at radius 1 is 1.21 bits per heavy atom. The topological polar surface area (TPSA) is 149 Å². The molecule has 0 aliphatic carbocycles. The van der Waals surface area contributed by atoms with Crippen molar-refractivity contribution in [2.45, 2.75) is 26.8 Å². The fraction of sp³-hybridized carbons (Fsp3) is 0.231. The Labute approximate surface area is 221 Å². The number of thiazole rings is 1. The van der Waals surface area contributed by atoms with Crippen LogP contribution >= 0.6 is 11.3 Å². The van der Waals surface area contributed by atoms with Gasteiger partial charge in [-0.25, -0.2) is 9.78 Å². The zero-order valence-corrected chi connectivity index (χ0v) is 21.7. The molecule has 1 aromatic heterocycles. The van der Waals surface area contributed by atoms with E-state index < -0.39 is 34.4 Å². The summed E-state index contributed by atoms with van der Waals surface area (Å²) < 4.78 is 10.3. The van der Waals surface area contributed by atoms with Crippen LogP contribution in [0.15, 0.2) is 48.0 Å². The van der Waals surface area contributed by atoms with Crippen LogP contribution in [0.25, 0.3) is 5.76 Å². The first-order valence-electron chi connectivity index (χ1n) is 11.4. The lowest BCUT2D eigenvalue weighted by Gasteiger charge is -2.23. The number of hydrogen-bond acceptors (Lipinski definition) is 10. The number of nitrogens with zero attached hydrogens (tertiary/aromatic N) is 3. The summed E-state index contributed by atoms with van der Waals surface area (Å²) >= 11 is 0.850. The zero-order valence-electron chi connectivity index (χ0n) is 20.9. The van der Waals surface area contributed by atoms with Gasteiger partial charge in [0.2, 0.25) is 0 Å². The van der Waals surface area contributed by atoms with E-state index in [0.717, 1.165) is 16.2 Å². The number of Topliss-reactive ketones (excluding diaryl/α,β-unsaturated/α-hetero) is 1. The second-order valence-electron chi connectivity index (χ2n) is 8.33. The molecule has 1 N–H and O–H groups in total. The van der Waals surface area contributed by atoms with Gasteiger partial charge in [0.1, 0.15) is 16.4 Å². The quantitative estimate of drug-likeness (QED) is 0.115. The standard InChI is InChI=1S/C26H23N3O8S/c1-5-37-25(33)23-14(3)27-26(38-23)28-20(15-7-6-8-16(12-15)29(34)35)19(22(31)24(28)32)21(30)18-10-9-17(36-4)11-13(18)2/h6-12,20,30H,5H2,1-4H3/t20-/m0/s1. The predicted molar refractivity (Wildman–Crippen MR) is 138 cm³/mol. The normalized spacial score (nSPS) is 16.5. The van der Waals surface area contributed by atoms with Gasteiger partial charge in [-0.15, -0.1) is 0 Å². The van der Waals surface area contributed by atoms with Crippen molar-refractivity contribution in [3.8, 4) is 5.75 Å². The molecule has 4 rings (SSSR count). The average Bonchev–Trinajstić information content (AvgIpc) is 3.40. The Bertz CT molecular complexity index is 1510. The van der Waals surface area contributed by atoms with Crippen LogP contribution in [0, 0.1) is 24.0 Å². The molecule has 1 atom stereocenters. The number of esters is 1. The molecule has 12 heteroatoms. The van der Waals surface area contributed by atoms with Crippen molar-refractivity contribution < 1.29 is 33.9 Å². The number of carbonyl (C=O) groups excluding carboxylic acids is 3. The van der Waals surface area contributed by atoms with Gasteiger partial charge in [-0.1, -0.05) is 23.5 Å². The summed E-state index contributed by atoms with van der Waals surface area (Å²) in [6.07, 6.45) is 0. The Hall–Kier alpha value is -4.58. The molecule has 1 fully saturated rings. The average molecular weight is 538 g/mol. The number of ether oxygens (including phenoxy) is 2. The van der Waals surface area contributed by atoms with Gasteiger partial charge in [-0.3, -0.25) is 24.6 Å². The van der Waals surface area contributed by atoms with Crippen LogP contribution < -0.4 is 9.64 Å². The van der Waals surface area contributed by atoms with Crippen molar-refractivity contribution in [1.29, 1.82) is 0 Å². The number of aromatic nitrogens is 1. The third-order valence-electron chi connectivity index (χ3n) is 5.98. The largest absolute Gasteiger partial charge is 0.507 e. The van der Waals surface area contributed by atoms with Crippen molar-refractivity contribution in [2.75, 3.05) is 18.6 Å². The van der Waals surface area contributed by atoms with E-state index in [1.165, 1.54) is 31.4 Å². The van der Waals surface area contributed by atoms with E-state index in [-0.39, 0.29) is 44.7 Å². The van der Waals surface area contributed by atoms with Gasteiger partial charge in [0.05, 0.1) is 35.9 Å². The van der Waals surface area contributed by atoms with E-state index in [1.807, 2.05) is 0 Å². The molecule has 2 aromatic carbocycles. The van der Waals surface area contributed by atoms with E-state index in [0.29, 0.717) is 11.3 Å². The first-order valence-corrected chi connectivity index (χ1v) is 12.3. The minimum absolute atomic E-state index is 0.00895. The number of ketones is 1. The number of hydrogen-bond donors (Lipinski definition) is 1. The summed E-state index contributed by atoms with van der Waals surface area (Å²) in [5.74, 6) is -2.56. The van der Waals surface area contributed by atoms with Gasteiger partial charge >= 0.3 is 11.9 Å². The first-order chi connectivity index (χ1) is 18.1. The molecule has 1 aliphatic rings. The number of nitro groups is 1. The summed E-state index contributed by atoms with van der Waals surface area (Å²) in [5, 5.41) is 22.9. The summed E-state index contributed by atoms with van der Waals surface area (Å²) in [7, 11) is 1.49. The van der Waals surface area contributed by atoms with Crippen molar-refractivity contribution in [2.24, 2.45) is 0 Å². The summed E-state index contributed by atoms with van der Waals surface area (Å²) in [6.45, 7) is 5.04. The smallest absolute Gasteiger partial charge is 0.350 e. The molecule has 196 valence electrons. The number of carbonyl (C=O) groups is 3.